The number of aryl methyl sites for hydroxylation is 3. The maximum absolute atomic E-state index is 2.28. The summed E-state index contributed by atoms with van der Waals surface area (Å²) in [6.45, 7) is 4.36. The smallest absolute Gasteiger partial charge is 0.0477 e. The Morgan fingerprint density at radius 3 is 2.60 bits per heavy atom. The number of hydrogen-bond acceptors (Lipinski definition) is 0. The lowest BCUT2D eigenvalue weighted by Gasteiger charge is -2.07. The molecule has 0 fully saturated rings. The summed E-state index contributed by atoms with van der Waals surface area (Å²) in [5.74, 6) is 0. The molecule has 2 rings (SSSR count). The van der Waals surface area contributed by atoms with E-state index in [2.05, 4.69) is 62.0 Å². The van der Waals surface area contributed by atoms with Crippen LogP contribution in [0.25, 0.3) is 11.3 Å². The monoisotopic (exact) mass is 199 g/mol. The summed E-state index contributed by atoms with van der Waals surface area (Å²) in [5.41, 5.74) is 5.35. The van der Waals surface area contributed by atoms with Crippen LogP contribution in [0.1, 0.15) is 18.1 Å². The predicted molar refractivity (Wildman–Crippen MR) is 65.0 cm³/mol. The molecule has 1 nitrogen and oxygen atoms in total. The van der Waals surface area contributed by atoms with E-state index in [1.54, 1.807) is 0 Å². The second-order valence-corrected chi connectivity index (χ2v) is 4.07. The van der Waals surface area contributed by atoms with Gasteiger partial charge in [0.1, 0.15) is 0 Å². The van der Waals surface area contributed by atoms with Gasteiger partial charge in [0.15, 0.2) is 0 Å². The third-order valence-electron chi connectivity index (χ3n) is 2.78. The van der Waals surface area contributed by atoms with Crippen LogP contribution in [0.15, 0.2) is 36.5 Å². The Kier molecular flexibility index (Phi) is 2.63. The molecule has 1 heteroatoms. The molecule has 0 radical (unpaired) electrons. The molecule has 1 aromatic carbocycles. The Bertz CT molecular complexity index is 466. The first-order valence-corrected chi connectivity index (χ1v) is 5.43. The summed E-state index contributed by atoms with van der Waals surface area (Å²) in [6.07, 6.45) is 3.18. The van der Waals surface area contributed by atoms with Crippen LogP contribution in [-0.4, -0.2) is 4.57 Å². The fraction of sp³-hybridized carbons (Fsp3) is 0.286. The topological polar surface area (TPSA) is 4.93 Å². The first-order chi connectivity index (χ1) is 7.20. The molecular formula is C14H17N. The minimum atomic E-state index is 1.10. The van der Waals surface area contributed by atoms with Gasteiger partial charge in [-0.1, -0.05) is 18.6 Å². The zero-order valence-corrected chi connectivity index (χ0v) is 9.62. The van der Waals surface area contributed by atoms with E-state index in [1.807, 2.05) is 0 Å². The fourth-order valence-electron chi connectivity index (χ4n) is 1.98. The molecule has 0 bridgehead atoms. The molecule has 0 saturated carbocycles. The van der Waals surface area contributed by atoms with E-state index in [0.717, 1.165) is 6.42 Å². The number of hydrogen-bond donors (Lipinski definition) is 0. The number of benzene rings is 1. The van der Waals surface area contributed by atoms with E-state index in [4.69, 9.17) is 0 Å². The highest BCUT2D eigenvalue weighted by molar-refractivity contribution is 5.62. The van der Waals surface area contributed by atoms with Gasteiger partial charge >= 0.3 is 0 Å². The van der Waals surface area contributed by atoms with E-state index in [9.17, 15) is 0 Å². The second kappa shape index (κ2) is 3.93. The molecule has 0 unspecified atom stereocenters. The third kappa shape index (κ3) is 1.96. The van der Waals surface area contributed by atoms with Gasteiger partial charge in [0.2, 0.25) is 0 Å². The fourth-order valence-corrected chi connectivity index (χ4v) is 1.98. The summed E-state index contributed by atoms with van der Waals surface area (Å²) in [6, 6.07) is 11.0. The van der Waals surface area contributed by atoms with Gasteiger partial charge in [0, 0.05) is 18.9 Å². The van der Waals surface area contributed by atoms with Gasteiger partial charge in [-0.25, -0.2) is 0 Å². The van der Waals surface area contributed by atoms with Crippen molar-refractivity contribution in [3.63, 3.8) is 0 Å². The lowest BCUT2D eigenvalue weighted by atomic mass is 10.0. The van der Waals surface area contributed by atoms with Crippen molar-refractivity contribution in [3.8, 4) is 11.3 Å². The van der Waals surface area contributed by atoms with Gasteiger partial charge in [0.25, 0.3) is 0 Å². The molecule has 2 aromatic rings. The molecule has 78 valence electrons. The first-order valence-electron chi connectivity index (χ1n) is 5.43. The molecule has 0 aliphatic carbocycles. The van der Waals surface area contributed by atoms with Crippen molar-refractivity contribution >= 4 is 0 Å². The first kappa shape index (κ1) is 10.0. The lowest BCUT2D eigenvalue weighted by molar-refractivity contribution is 0.936. The Morgan fingerprint density at radius 2 is 2.00 bits per heavy atom. The van der Waals surface area contributed by atoms with Crippen molar-refractivity contribution in [1.82, 2.24) is 4.57 Å². The van der Waals surface area contributed by atoms with Crippen LogP contribution in [0.2, 0.25) is 0 Å². The van der Waals surface area contributed by atoms with E-state index >= 15 is 0 Å². The lowest BCUT2D eigenvalue weighted by Crippen LogP contribution is -1.91. The molecule has 0 spiro atoms. The van der Waals surface area contributed by atoms with Crippen molar-refractivity contribution in [1.29, 1.82) is 0 Å². The van der Waals surface area contributed by atoms with Crippen molar-refractivity contribution in [3.05, 3.63) is 47.7 Å². The molecule has 15 heavy (non-hydrogen) atoms. The highest BCUT2D eigenvalue weighted by Gasteiger charge is 2.03. The Labute approximate surface area is 91.4 Å². The molecule has 0 atom stereocenters. The summed E-state index contributed by atoms with van der Waals surface area (Å²) < 4.78 is 2.16. The largest absolute Gasteiger partial charge is 0.351 e. The van der Waals surface area contributed by atoms with E-state index in [-0.39, 0.29) is 0 Å². The molecule has 0 aliphatic rings. The van der Waals surface area contributed by atoms with Crippen molar-refractivity contribution < 1.29 is 0 Å². The third-order valence-corrected chi connectivity index (χ3v) is 2.78. The average molecular weight is 199 g/mol. The molecule has 1 aromatic heterocycles. The quantitative estimate of drug-likeness (QED) is 0.697. The Hall–Kier alpha value is -1.50. The predicted octanol–water partition coefficient (Wildman–Crippen LogP) is 3.56. The zero-order chi connectivity index (χ0) is 10.8. The molecule has 0 amide bonds. The average Bonchev–Trinajstić information content (AvgIpc) is 2.63. The van der Waals surface area contributed by atoms with Crippen molar-refractivity contribution in [2.45, 2.75) is 20.3 Å². The standard InChI is InChI=1S/C14H17N/c1-4-12-8-11(2)9-13(10-12)14-6-5-7-15(14)3/h5-10H,4H2,1-3H3. The second-order valence-electron chi connectivity index (χ2n) is 4.07. The van der Waals surface area contributed by atoms with E-state index < -0.39 is 0 Å². The van der Waals surface area contributed by atoms with Gasteiger partial charge in [-0.3, -0.25) is 0 Å². The van der Waals surface area contributed by atoms with Crippen LogP contribution in [0.5, 0.6) is 0 Å². The Balaban J connectivity index is 2.53. The summed E-state index contributed by atoms with van der Waals surface area (Å²) in [4.78, 5) is 0. The summed E-state index contributed by atoms with van der Waals surface area (Å²) >= 11 is 0. The van der Waals surface area contributed by atoms with Gasteiger partial charge in [0.05, 0.1) is 0 Å². The molecule has 0 saturated heterocycles. The molecule has 0 N–H and O–H groups in total. The molecule has 1 heterocycles. The van der Waals surface area contributed by atoms with Gasteiger partial charge in [-0.15, -0.1) is 0 Å². The highest BCUT2D eigenvalue weighted by atomic mass is 14.9. The normalized spacial score (nSPS) is 10.6. The number of nitrogens with zero attached hydrogens (tertiary/aromatic N) is 1. The maximum Gasteiger partial charge on any atom is 0.0477 e. The SMILES string of the molecule is CCc1cc(C)cc(-c2cccn2C)c1. The highest BCUT2D eigenvalue weighted by Crippen LogP contribution is 2.22. The Morgan fingerprint density at radius 1 is 1.20 bits per heavy atom. The summed E-state index contributed by atoms with van der Waals surface area (Å²) in [5, 5.41) is 0. The van der Waals surface area contributed by atoms with Crippen LogP contribution in [0.3, 0.4) is 0 Å². The van der Waals surface area contributed by atoms with Crippen LogP contribution in [0.4, 0.5) is 0 Å². The zero-order valence-electron chi connectivity index (χ0n) is 9.62. The van der Waals surface area contributed by atoms with Crippen LogP contribution >= 0.6 is 0 Å². The minimum Gasteiger partial charge on any atom is -0.351 e. The van der Waals surface area contributed by atoms with Crippen molar-refractivity contribution in [2.75, 3.05) is 0 Å². The number of aromatic nitrogens is 1. The molecule has 0 aliphatic heterocycles. The van der Waals surface area contributed by atoms with Gasteiger partial charge < -0.3 is 4.57 Å². The minimum absolute atomic E-state index is 1.10. The van der Waals surface area contributed by atoms with Gasteiger partial charge in [-0.05, 0) is 48.7 Å². The van der Waals surface area contributed by atoms with Gasteiger partial charge in [-0.2, -0.15) is 0 Å². The maximum atomic E-state index is 2.28. The number of rotatable bonds is 2. The summed E-state index contributed by atoms with van der Waals surface area (Å²) in [7, 11) is 2.09. The van der Waals surface area contributed by atoms with Crippen LogP contribution < -0.4 is 0 Å². The molecular weight excluding hydrogens is 182 g/mol. The van der Waals surface area contributed by atoms with E-state index in [1.165, 1.54) is 22.4 Å². The van der Waals surface area contributed by atoms with E-state index in [0.29, 0.717) is 0 Å². The van der Waals surface area contributed by atoms with Crippen molar-refractivity contribution in [2.24, 2.45) is 7.05 Å². The van der Waals surface area contributed by atoms with Crippen LogP contribution in [-0.2, 0) is 13.5 Å². The van der Waals surface area contributed by atoms with Crippen LogP contribution in [0, 0.1) is 6.92 Å².